The van der Waals surface area contributed by atoms with Gasteiger partial charge in [0, 0.05) is 6.42 Å². The number of fused-ring (bicyclic) bond motifs is 4. The lowest BCUT2D eigenvalue weighted by Crippen LogP contribution is -2.37. The molecule has 1 nitrogen and oxygen atoms in total. The average Bonchev–Trinajstić information content (AvgIpc) is 2.86. The Morgan fingerprint density at radius 1 is 0.889 bits per heavy atom. The summed E-state index contributed by atoms with van der Waals surface area (Å²) in [7, 11) is 0. The van der Waals surface area contributed by atoms with Crippen molar-refractivity contribution >= 4 is 5.78 Å². The Labute approximate surface area is 110 Å². The van der Waals surface area contributed by atoms with Crippen LogP contribution in [0.5, 0.6) is 0 Å². The highest BCUT2D eigenvalue weighted by atomic mass is 16.1. The number of Topliss-reactive ketones (excluding diaryl/α,β-unsaturated/α-hetero) is 1. The van der Waals surface area contributed by atoms with Crippen LogP contribution in [-0.2, 0) is 4.79 Å². The lowest BCUT2D eigenvalue weighted by molar-refractivity contribution is -0.119. The first-order chi connectivity index (χ1) is 8.84. The third-order valence-corrected chi connectivity index (χ3v) is 6.27. The van der Waals surface area contributed by atoms with Crippen LogP contribution in [0, 0.1) is 23.7 Å². The molecule has 0 aromatic carbocycles. The molecule has 4 aliphatic rings. The highest BCUT2D eigenvalue weighted by molar-refractivity contribution is 5.98. The predicted octanol–water partition coefficient (Wildman–Crippen LogP) is 4.27. The van der Waals surface area contributed by atoms with Crippen LogP contribution < -0.4 is 0 Å². The van der Waals surface area contributed by atoms with Gasteiger partial charge in [0.1, 0.15) is 0 Å². The smallest absolute Gasteiger partial charge is 0.159 e. The van der Waals surface area contributed by atoms with Gasteiger partial charge in [-0.05, 0) is 74.2 Å². The summed E-state index contributed by atoms with van der Waals surface area (Å²) in [4.78, 5) is 12.6. The summed E-state index contributed by atoms with van der Waals surface area (Å²) in [6.45, 7) is 0. The lowest BCUT2D eigenvalue weighted by atomic mass is 9.61. The monoisotopic (exact) mass is 244 g/mol. The highest BCUT2D eigenvalue weighted by Crippen LogP contribution is 2.53. The van der Waals surface area contributed by atoms with Crippen LogP contribution >= 0.6 is 0 Å². The molecule has 4 atom stereocenters. The van der Waals surface area contributed by atoms with Crippen molar-refractivity contribution in [3.05, 3.63) is 11.1 Å². The summed E-state index contributed by atoms with van der Waals surface area (Å²) in [6.07, 6.45) is 13.1. The first-order valence-corrected chi connectivity index (χ1v) is 8.10. The van der Waals surface area contributed by atoms with Crippen molar-refractivity contribution in [2.75, 3.05) is 0 Å². The van der Waals surface area contributed by atoms with Gasteiger partial charge in [-0.3, -0.25) is 4.79 Å². The molecular weight excluding hydrogens is 220 g/mol. The zero-order chi connectivity index (χ0) is 12.1. The van der Waals surface area contributed by atoms with Crippen LogP contribution in [0.3, 0.4) is 0 Å². The molecule has 0 spiro atoms. The Morgan fingerprint density at radius 3 is 2.78 bits per heavy atom. The first kappa shape index (κ1) is 11.3. The quantitative estimate of drug-likeness (QED) is 0.622. The Balaban J connectivity index is 1.75. The summed E-state index contributed by atoms with van der Waals surface area (Å²) in [5.74, 6) is 3.68. The van der Waals surface area contributed by atoms with Crippen molar-refractivity contribution in [2.24, 2.45) is 23.7 Å². The molecule has 98 valence electrons. The number of carbonyl (C=O) groups excluding carboxylic acids is 1. The van der Waals surface area contributed by atoms with Crippen molar-refractivity contribution in [3.63, 3.8) is 0 Å². The topological polar surface area (TPSA) is 17.1 Å². The molecule has 0 heterocycles. The Morgan fingerprint density at radius 2 is 1.83 bits per heavy atom. The van der Waals surface area contributed by atoms with Crippen LogP contribution in [-0.4, -0.2) is 5.78 Å². The van der Waals surface area contributed by atoms with Gasteiger partial charge in [-0.2, -0.15) is 0 Å². The van der Waals surface area contributed by atoms with Gasteiger partial charge in [0.25, 0.3) is 0 Å². The van der Waals surface area contributed by atoms with Crippen molar-refractivity contribution in [2.45, 2.75) is 64.2 Å². The summed E-state index contributed by atoms with van der Waals surface area (Å²) in [6, 6.07) is 0. The van der Waals surface area contributed by atoms with E-state index in [2.05, 4.69) is 0 Å². The minimum atomic E-state index is 0.560. The maximum atomic E-state index is 12.6. The third kappa shape index (κ3) is 1.55. The minimum absolute atomic E-state index is 0.560. The van der Waals surface area contributed by atoms with E-state index in [4.69, 9.17) is 0 Å². The summed E-state index contributed by atoms with van der Waals surface area (Å²) in [5, 5.41) is 0. The van der Waals surface area contributed by atoms with Crippen LogP contribution in [0.1, 0.15) is 64.2 Å². The molecule has 3 fully saturated rings. The SMILES string of the molecule is O=C1C[C@@H]2CCC[C@H]2[C@@H]2CCC3CCCCC3=C12. The van der Waals surface area contributed by atoms with E-state index < -0.39 is 0 Å². The predicted molar refractivity (Wildman–Crippen MR) is 72.2 cm³/mol. The number of allylic oxidation sites excluding steroid dienone is 2. The summed E-state index contributed by atoms with van der Waals surface area (Å²) >= 11 is 0. The van der Waals surface area contributed by atoms with E-state index in [1.165, 1.54) is 63.4 Å². The second-order valence-electron chi connectivity index (χ2n) is 7.05. The van der Waals surface area contributed by atoms with E-state index >= 15 is 0 Å². The van der Waals surface area contributed by atoms with Crippen molar-refractivity contribution in [3.8, 4) is 0 Å². The number of hydrogen-bond donors (Lipinski definition) is 0. The molecule has 0 aromatic heterocycles. The van der Waals surface area contributed by atoms with Gasteiger partial charge in [0.2, 0.25) is 0 Å². The van der Waals surface area contributed by atoms with Gasteiger partial charge in [-0.1, -0.05) is 18.4 Å². The number of hydrogen-bond acceptors (Lipinski definition) is 1. The number of rotatable bonds is 0. The van der Waals surface area contributed by atoms with Crippen LogP contribution in [0.25, 0.3) is 0 Å². The van der Waals surface area contributed by atoms with Crippen LogP contribution in [0.2, 0.25) is 0 Å². The van der Waals surface area contributed by atoms with Gasteiger partial charge in [-0.25, -0.2) is 0 Å². The molecule has 4 aliphatic carbocycles. The first-order valence-electron chi connectivity index (χ1n) is 8.10. The zero-order valence-corrected chi connectivity index (χ0v) is 11.3. The van der Waals surface area contributed by atoms with E-state index in [-0.39, 0.29) is 0 Å². The molecule has 4 rings (SSSR count). The number of ketones is 1. The normalized spacial score (nSPS) is 43.4. The van der Waals surface area contributed by atoms with E-state index in [0.29, 0.717) is 11.7 Å². The molecule has 0 aliphatic heterocycles. The second kappa shape index (κ2) is 4.21. The molecule has 0 bridgehead atoms. The fraction of sp³-hybridized carbons (Fsp3) is 0.824. The molecule has 0 N–H and O–H groups in total. The van der Waals surface area contributed by atoms with Crippen molar-refractivity contribution in [1.82, 2.24) is 0 Å². The molecule has 0 aromatic rings. The van der Waals surface area contributed by atoms with Crippen molar-refractivity contribution in [1.29, 1.82) is 0 Å². The summed E-state index contributed by atoms with van der Waals surface area (Å²) in [5.41, 5.74) is 3.00. The average molecular weight is 244 g/mol. The fourth-order valence-electron chi connectivity index (χ4n) is 5.53. The molecule has 1 unspecified atom stereocenters. The minimum Gasteiger partial charge on any atom is -0.295 e. The zero-order valence-electron chi connectivity index (χ0n) is 11.3. The van der Waals surface area contributed by atoms with Gasteiger partial charge in [0.05, 0.1) is 0 Å². The lowest BCUT2D eigenvalue weighted by Gasteiger charge is -2.43. The molecule has 0 saturated heterocycles. The molecular formula is C17H24O. The van der Waals surface area contributed by atoms with E-state index in [0.717, 1.165) is 24.2 Å². The molecule has 3 saturated carbocycles. The summed E-state index contributed by atoms with van der Waals surface area (Å²) < 4.78 is 0. The molecule has 18 heavy (non-hydrogen) atoms. The van der Waals surface area contributed by atoms with Gasteiger partial charge >= 0.3 is 0 Å². The van der Waals surface area contributed by atoms with Gasteiger partial charge in [0.15, 0.2) is 5.78 Å². The standard InChI is InChI=1S/C17H24O/c18-16-10-12-5-3-7-13(12)15-9-8-11-4-1-2-6-14(11)17(15)16/h11-13,15H,1-10H2/t11?,12-,13+,15-/m0/s1. The Hall–Kier alpha value is -0.590. The van der Waals surface area contributed by atoms with Crippen LogP contribution in [0.4, 0.5) is 0 Å². The largest absolute Gasteiger partial charge is 0.295 e. The maximum Gasteiger partial charge on any atom is 0.159 e. The Bertz CT molecular complexity index is 406. The van der Waals surface area contributed by atoms with Gasteiger partial charge in [-0.15, -0.1) is 0 Å². The van der Waals surface area contributed by atoms with E-state index in [1.807, 2.05) is 0 Å². The van der Waals surface area contributed by atoms with Crippen molar-refractivity contribution < 1.29 is 4.79 Å². The molecule has 0 radical (unpaired) electrons. The second-order valence-corrected chi connectivity index (χ2v) is 7.05. The van der Waals surface area contributed by atoms with Crippen LogP contribution in [0.15, 0.2) is 11.1 Å². The maximum absolute atomic E-state index is 12.6. The molecule has 0 amide bonds. The van der Waals surface area contributed by atoms with E-state index in [1.54, 1.807) is 5.57 Å². The molecule has 1 heteroatoms. The Kier molecular flexibility index (Phi) is 2.63. The van der Waals surface area contributed by atoms with E-state index in [9.17, 15) is 4.79 Å². The van der Waals surface area contributed by atoms with Gasteiger partial charge < -0.3 is 0 Å². The number of carbonyl (C=O) groups is 1. The highest BCUT2D eigenvalue weighted by Gasteiger charge is 2.46. The third-order valence-electron chi connectivity index (χ3n) is 6.27. The fourth-order valence-corrected chi connectivity index (χ4v) is 5.53.